The van der Waals surface area contributed by atoms with Crippen LogP contribution in [0.2, 0.25) is 0 Å². The van der Waals surface area contributed by atoms with E-state index >= 15 is 0 Å². The van der Waals surface area contributed by atoms with Gasteiger partial charge in [0.1, 0.15) is 11.6 Å². The summed E-state index contributed by atoms with van der Waals surface area (Å²) in [6, 6.07) is -0.711. The van der Waals surface area contributed by atoms with E-state index in [2.05, 4.69) is 15.4 Å². The number of ether oxygens (including phenoxy) is 2. The highest BCUT2D eigenvalue weighted by Gasteiger charge is 2.28. The number of hydrogen-bond acceptors (Lipinski definition) is 5. The van der Waals surface area contributed by atoms with Gasteiger partial charge in [0.15, 0.2) is 0 Å². The second kappa shape index (κ2) is 9.27. The number of nitrogens with one attached hydrogen (secondary N) is 2. The number of carbonyl (C=O) groups excluding carboxylic acids is 3. The second-order valence-corrected chi connectivity index (χ2v) is 6.13. The number of methoxy groups -OCH3 is 1. The summed E-state index contributed by atoms with van der Waals surface area (Å²) in [5.41, 5.74) is -0.633. The lowest BCUT2D eigenvalue weighted by atomic mass is 9.98. The normalized spacial score (nSPS) is 13.7. The minimum Gasteiger partial charge on any atom is -0.469 e. The fourth-order valence-electron chi connectivity index (χ4n) is 1.64. The zero-order chi connectivity index (χ0) is 17.3. The largest absolute Gasteiger partial charge is 0.469 e. The molecule has 0 saturated carbocycles. The number of carbonyl (C=O) groups is 3. The molecule has 0 saturated heterocycles. The summed E-state index contributed by atoms with van der Waals surface area (Å²) in [7, 11) is 1.29. The van der Waals surface area contributed by atoms with E-state index in [9.17, 15) is 14.4 Å². The lowest BCUT2D eigenvalue weighted by molar-refractivity contribution is -0.140. The van der Waals surface area contributed by atoms with Gasteiger partial charge in [0, 0.05) is 6.54 Å². The van der Waals surface area contributed by atoms with E-state index in [4.69, 9.17) is 4.74 Å². The maximum Gasteiger partial charge on any atom is 0.408 e. The molecule has 0 aromatic carbocycles. The van der Waals surface area contributed by atoms with Gasteiger partial charge in [0.25, 0.3) is 0 Å². The van der Waals surface area contributed by atoms with Gasteiger partial charge in [-0.1, -0.05) is 20.3 Å². The molecule has 0 rings (SSSR count). The molecule has 0 spiro atoms. The van der Waals surface area contributed by atoms with Crippen LogP contribution >= 0.6 is 0 Å². The molecule has 0 aromatic heterocycles. The molecule has 2 amide bonds. The van der Waals surface area contributed by atoms with Gasteiger partial charge in [-0.2, -0.15) is 0 Å². The third kappa shape index (κ3) is 8.49. The minimum atomic E-state index is -0.711. The maximum absolute atomic E-state index is 12.2. The fourth-order valence-corrected chi connectivity index (χ4v) is 1.64. The molecule has 0 aliphatic heterocycles. The van der Waals surface area contributed by atoms with E-state index in [1.807, 2.05) is 13.8 Å². The first kappa shape index (κ1) is 20.2. The van der Waals surface area contributed by atoms with Crippen LogP contribution in [0, 0.1) is 5.92 Å². The standard InChI is InChI=1S/C15H28N2O5/c1-7-10(2)12(17-14(20)22-15(3,4)5)13(19)16-9-8-11(18)21-6/h10,12H,7-9H2,1-6H3,(H,16,19)(H,17,20)/t10-,12-/m0/s1. The second-order valence-electron chi connectivity index (χ2n) is 6.13. The zero-order valence-electron chi connectivity index (χ0n) is 14.3. The van der Waals surface area contributed by atoms with Crippen molar-refractivity contribution in [3.63, 3.8) is 0 Å². The minimum absolute atomic E-state index is 0.0642. The number of hydrogen-bond donors (Lipinski definition) is 2. The van der Waals surface area contributed by atoms with Gasteiger partial charge in [-0.3, -0.25) is 9.59 Å². The first-order valence-corrected chi connectivity index (χ1v) is 7.44. The van der Waals surface area contributed by atoms with Gasteiger partial charge >= 0.3 is 12.1 Å². The highest BCUT2D eigenvalue weighted by Crippen LogP contribution is 2.11. The fraction of sp³-hybridized carbons (Fsp3) is 0.800. The average Bonchev–Trinajstić information content (AvgIpc) is 2.41. The number of alkyl carbamates (subject to hydrolysis) is 1. The van der Waals surface area contributed by atoms with Crippen molar-refractivity contribution in [3.05, 3.63) is 0 Å². The number of rotatable bonds is 7. The molecule has 128 valence electrons. The van der Waals surface area contributed by atoms with Crippen molar-refractivity contribution < 1.29 is 23.9 Å². The summed E-state index contributed by atoms with van der Waals surface area (Å²) in [5.74, 6) is -0.810. The van der Waals surface area contributed by atoms with Crippen LogP contribution in [0.5, 0.6) is 0 Å². The van der Waals surface area contributed by atoms with Gasteiger partial charge in [-0.15, -0.1) is 0 Å². The quantitative estimate of drug-likeness (QED) is 0.696. The summed E-state index contributed by atoms with van der Waals surface area (Å²) in [5, 5.41) is 5.21. The summed E-state index contributed by atoms with van der Waals surface area (Å²) in [6.45, 7) is 9.20. The van der Waals surface area contributed by atoms with E-state index in [0.717, 1.165) is 0 Å². The molecule has 0 aliphatic carbocycles. The van der Waals surface area contributed by atoms with Crippen molar-refractivity contribution >= 4 is 18.0 Å². The van der Waals surface area contributed by atoms with Crippen molar-refractivity contribution in [2.75, 3.05) is 13.7 Å². The Bertz CT molecular complexity index is 390. The molecule has 22 heavy (non-hydrogen) atoms. The van der Waals surface area contributed by atoms with Crippen molar-refractivity contribution in [3.8, 4) is 0 Å². The Hall–Kier alpha value is -1.79. The Labute approximate surface area is 132 Å². The number of esters is 1. The molecule has 2 atom stereocenters. The Morgan fingerprint density at radius 2 is 1.77 bits per heavy atom. The summed E-state index contributed by atoms with van der Waals surface area (Å²) < 4.78 is 9.67. The molecule has 0 bridgehead atoms. The molecule has 0 aliphatic rings. The molecule has 0 unspecified atom stereocenters. The Kier molecular flexibility index (Phi) is 8.52. The van der Waals surface area contributed by atoms with E-state index in [1.54, 1.807) is 20.8 Å². The van der Waals surface area contributed by atoms with Crippen LogP contribution < -0.4 is 10.6 Å². The van der Waals surface area contributed by atoms with E-state index in [0.29, 0.717) is 6.42 Å². The van der Waals surface area contributed by atoms with E-state index in [1.165, 1.54) is 7.11 Å². The summed E-state index contributed by atoms with van der Waals surface area (Å²) >= 11 is 0. The van der Waals surface area contributed by atoms with E-state index < -0.39 is 23.7 Å². The molecule has 0 fully saturated rings. The first-order valence-electron chi connectivity index (χ1n) is 7.44. The van der Waals surface area contributed by atoms with Crippen LogP contribution in [-0.2, 0) is 19.1 Å². The monoisotopic (exact) mass is 316 g/mol. The molecule has 0 aromatic rings. The maximum atomic E-state index is 12.2. The topological polar surface area (TPSA) is 93.7 Å². The lowest BCUT2D eigenvalue weighted by Crippen LogP contribution is -2.51. The molecule has 2 N–H and O–H groups in total. The van der Waals surface area contributed by atoms with Crippen molar-refractivity contribution in [2.45, 2.75) is 59.1 Å². The van der Waals surface area contributed by atoms with Crippen LogP contribution in [0.3, 0.4) is 0 Å². The SMILES string of the molecule is CC[C@H](C)[C@H](NC(=O)OC(C)(C)C)C(=O)NCCC(=O)OC. The van der Waals surface area contributed by atoms with Gasteiger partial charge in [0.05, 0.1) is 13.5 Å². The van der Waals surface area contributed by atoms with E-state index in [-0.39, 0.29) is 24.8 Å². The molecule has 7 nitrogen and oxygen atoms in total. The van der Waals surface area contributed by atoms with Crippen molar-refractivity contribution in [1.82, 2.24) is 10.6 Å². The summed E-state index contributed by atoms with van der Waals surface area (Å²) in [4.78, 5) is 35.0. The Morgan fingerprint density at radius 1 is 1.18 bits per heavy atom. The molecule has 0 heterocycles. The molecule has 7 heteroatoms. The van der Waals surface area contributed by atoms with Gasteiger partial charge in [-0.25, -0.2) is 4.79 Å². The predicted octanol–water partition coefficient (Wildman–Crippen LogP) is 1.61. The van der Waals surface area contributed by atoms with Crippen LogP contribution in [0.25, 0.3) is 0 Å². The predicted molar refractivity (Wildman–Crippen MR) is 82.3 cm³/mol. The first-order chi connectivity index (χ1) is 10.1. The Balaban J connectivity index is 4.60. The highest BCUT2D eigenvalue weighted by molar-refractivity contribution is 5.86. The van der Waals surface area contributed by atoms with Crippen molar-refractivity contribution in [1.29, 1.82) is 0 Å². The molecular formula is C15H28N2O5. The van der Waals surface area contributed by atoms with Gasteiger partial charge < -0.3 is 20.1 Å². The van der Waals surface area contributed by atoms with Gasteiger partial charge in [-0.05, 0) is 26.7 Å². The molecule has 0 radical (unpaired) electrons. The van der Waals surface area contributed by atoms with Crippen LogP contribution in [0.4, 0.5) is 4.79 Å². The third-order valence-electron chi connectivity index (χ3n) is 3.02. The van der Waals surface area contributed by atoms with Crippen LogP contribution in [0.1, 0.15) is 47.5 Å². The highest BCUT2D eigenvalue weighted by atomic mass is 16.6. The lowest BCUT2D eigenvalue weighted by Gasteiger charge is -2.26. The van der Waals surface area contributed by atoms with Crippen LogP contribution in [-0.4, -0.2) is 43.3 Å². The van der Waals surface area contributed by atoms with Crippen molar-refractivity contribution in [2.24, 2.45) is 5.92 Å². The van der Waals surface area contributed by atoms with Gasteiger partial charge in [0.2, 0.25) is 5.91 Å². The smallest absolute Gasteiger partial charge is 0.408 e. The third-order valence-corrected chi connectivity index (χ3v) is 3.02. The Morgan fingerprint density at radius 3 is 2.23 bits per heavy atom. The molecular weight excluding hydrogens is 288 g/mol. The summed E-state index contributed by atoms with van der Waals surface area (Å²) in [6.07, 6.45) is 0.160. The number of amides is 2. The zero-order valence-corrected chi connectivity index (χ0v) is 14.3. The van der Waals surface area contributed by atoms with Crippen LogP contribution in [0.15, 0.2) is 0 Å². The average molecular weight is 316 g/mol.